The number of carbonyl (C=O) groups is 2. The Bertz CT molecular complexity index is 1040. The van der Waals surface area contributed by atoms with Crippen molar-refractivity contribution in [3.63, 3.8) is 0 Å². The number of carbonyl (C=O) groups excluding carboxylic acids is 2. The zero-order chi connectivity index (χ0) is 21.9. The number of alkyl halides is 1. The highest BCUT2D eigenvalue weighted by atomic mass is 35.5. The van der Waals surface area contributed by atoms with E-state index >= 15 is 0 Å². The molecular weight excluding hydrogens is 426 g/mol. The van der Waals surface area contributed by atoms with Crippen molar-refractivity contribution in [3.05, 3.63) is 54.1 Å². The van der Waals surface area contributed by atoms with Gasteiger partial charge in [0.2, 0.25) is 21.8 Å². The van der Waals surface area contributed by atoms with Crippen LogP contribution in [0, 0.1) is 0 Å². The minimum absolute atomic E-state index is 0.109. The van der Waals surface area contributed by atoms with E-state index in [2.05, 4.69) is 5.32 Å². The van der Waals surface area contributed by atoms with Gasteiger partial charge >= 0.3 is 0 Å². The summed E-state index contributed by atoms with van der Waals surface area (Å²) in [5.41, 5.74) is 2.02. The number of hydrogen-bond donors (Lipinski definition) is 1. The number of amides is 2. The highest BCUT2D eigenvalue weighted by Gasteiger charge is 2.32. The lowest BCUT2D eigenvalue weighted by atomic mass is 10.1. The molecule has 1 heterocycles. The van der Waals surface area contributed by atoms with Gasteiger partial charge in [-0.25, -0.2) is 8.42 Å². The first-order chi connectivity index (χ1) is 14.2. The topological polar surface area (TPSA) is 86.8 Å². The van der Waals surface area contributed by atoms with Crippen LogP contribution in [0.5, 0.6) is 0 Å². The molecule has 160 valence electrons. The van der Waals surface area contributed by atoms with Crippen LogP contribution < -0.4 is 10.2 Å². The van der Waals surface area contributed by atoms with Crippen LogP contribution in [0.25, 0.3) is 0 Å². The van der Waals surface area contributed by atoms with Crippen molar-refractivity contribution in [2.45, 2.75) is 30.7 Å². The number of hydrogen-bond acceptors (Lipinski definition) is 4. The zero-order valence-corrected chi connectivity index (χ0v) is 18.4. The van der Waals surface area contributed by atoms with Gasteiger partial charge in [-0.1, -0.05) is 24.3 Å². The lowest BCUT2D eigenvalue weighted by Crippen LogP contribution is -2.45. The quantitative estimate of drug-likeness (QED) is 0.687. The fourth-order valence-electron chi connectivity index (χ4n) is 3.44. The SMILES string of the molecule is C[C@H]1CC(=O)Nc2ccccc2N1C(=O)CN(C)S(=O)(=O)c1ccc(CCCl)cc1. The summed E-state index contributed by atoms with van der Waals surface area (Å²) in [6, 6.07) is 13.1. The van der Waals surface area contributed by atoms with Crippen LogP contribution in [0.3, 0.4) is 0 Å². The van der Waals surface area contributed by atoms with E-state index in [-0.39, 0.29) is 23.8 Å². The van der Waals surface area contributed by atoms with Gasteiger partial charge in [-0.2, -0.15) is 4.31 Å². The van der Waals surface area contributed by atoms with Gasteiger partial charge in [-0.05, 0) is 43.2 Å². The molecule has 0 unspecified atom stereocenters. The molecule has 1 aliphatic heterocycles. The molecular formula is C21H24ClN3O4S. The van der Waals surface area contributed by atoms with Crippen molar-refractivity contribution in [2.24, 2.45) is 0 Å². The Balaban J connectivity index is 1.83. The van der Waals surface area contributed by atoms with Crippen LogP contribution in [0.4, 0.5) is 11.4 Å². The van der Waals surface area contributed by atoms with Gasteiger partial charge in [0.1, 0.15) is 0 Å². The van der Waals surface area contributed by atoms with Crippen LogP contribution in [0.15, 0.2) is 53.4 Å². The summed E-state index contributed by atoms with van der Waals surface area (Å²) >= 11 is 5.72. The van der Waals surface area contributed by atoms with Gasteiger partial charge in [-0.3, -0.25) is 9.59 Å². The highest BCUT2D eigenvalue weighted by Crippen LogP contribution is 2.31. The second-order valence-corrected chi connectivity index (χ2v) is 9.65. The molecule has 7 nitrogen and oxygen atoms in total. The predicted octanol–water partition coefficient (Wildman–Crippen LogP) is 2.85. The second kappa shape index (κ2) is 9.16. The molecule has 0 bridgehead atoms. The average Bonchev–Trinajstić information content (AvgIpc) is 2.82. The van der Waals surface area contributed by atoms with Gasteiger partial charge in [0.25, 0.3) is 0 Å². The Kier molecular flexibility index (Phi) is 6.80. The second-order valence-electron chi connectivity index (χ2n) is 7.23. The number of fused-ring (bicyclic) bond motifs is 1. The molecule has 0 saturated carbocycles. The molecule has 0 radical (unpaired) electrons. The van der Waals surface area contributed by atoms with Gasteiger partial charge in [0.05, 0.1) is 22.8 Å². The monoisotopic (exact) mass is 449 g/mol. The van der Waals surface area contributed by atoms with Gasteiger partial charge in [0, 0.05) is 25.4 Å². The third kappa shape index (κ3) is 4.66. The molecule has 0 spiro atoms. The number of para-hydroxylation sites is 2. The Morgan fingerprint density at radius 2 is 1.87 bits per heavy atom. The number of benzene rings is 2. The van der Waals surface area contributed by atoms with E-state index in [1.54, 1.807) is 43.3 Å². The standard InChI is InChI=1S/C21H24ClN3O4S/c1-15-13-20(26)23-18-5-3-4-6-19(18)25(15)21(27)14-24(2)30(28,29)17-9-7-16(8-10-17)11-12-22/h3-10,15H,11-14H2,1-2H3,(H,23,26)/t15-/m0/s1. The van der Waals surface area contributed by atoms with E-state index in [1.165, 1.54) is 24.1 Å². The number of rotatable bonds is 6. The molecule has 0 fully saturated rings. The number of nitrogens with zero attached hydrogens (tertiary/aromatic N) is 2. The molecule has 0 aliphatic carbocycles. The largest absolute Gasteiger partial charge is 0.324 e. The maximum Gasteiger partial charge on any atom is 0.243 e. The van der Waals surface area contributed by atoms with Crippen LogP contribution in [0.1, 0.15) is 18.9 Å². The smallest absolute Gasteiger partial charge is 0.243 e. The number of aryl methyl sites for hydroxylation is 1. The Morgan fingerprint density at radius 3 is 2.53 bits per heavy atom. The first kappa shape index (κ1) is 22.3. The maximum absolute atomic E-state index is 13.1. The minimum atomic E-state index is -3.85. The fourth-order valence-corrected chi connectivity index (χ4v) is 4.78. The number of anilines is 2. The van der Waals surface area contributed by atoms with Gasteiger partial charge in [0.15, 0.2) is 0 Å². The van der Waals surface area contributed by atoms with Crippen molar-refractivity contribution < 1.29 is 18.0 Å². The molecule has 3 rings (SSSR count). The van der Waals surface area contributed by atoms with E-state index in [4.69, 9.17) is 11.6 Å². The first-order valence-corrected chi connectivity index (χ1v) is 11.5. The van der Waals surface area contributed by atoms with Crippen molar-refractivity contribution in [3.8, 4) is 0 Å². The minimum Gasteiger partial charge on any atom is -0.324 e. The first-order valence-electron chi connectivity index (χ1n) is 9.56. The summed E-state index contributed by atoms with van der Waals surface area (Å²) in [6.07, 6.45) is 0.772. The van der Waals surface area contributed by atoms with E-state index in [1.807, 2.05) is 0 Å². The van der Waals surface area contributed by atoms with E-state index < -0.39 is 22.0 Å². The van der Waals surface area contributed by atoms with Crippen LogP contribution in [-0.2, 0) is 26.0 Å². The van der Waals surface area contributed by atoms with Gasteiger partial charge in [-0.15, -0.1) is 11.6 Å². The van der Waals surface area contributed by atoms with Crippen molar-refractivity contribution in [2.75, 3.05) is 29.7 Å². The molecule has 0 aromatic heterocycles. The zero-order valence-electron chi connectivity index (χ0n) is 16.8. The number of halogens is 1. The molecule has 2 amide bonds. The average molecular weight is 450 g/mol. The Labute approximate surface area is 181 Å². The molecule has 1 aliphatic rings. The van der Waals surface area contributed by atoms with Crippen molar-refractivity contribution >= 4 is 44.8 Å². The van der Waals surface area contributed by atoms with E-state index in [0.717, 1.165) is 9.87 Å². The summed E-state index contributed by atoms with van der Waals surface area (Å²) in [7, 11) is -2.48. The summed E-state index contributed by atoms with van der Waals surface area (Å²) < 4.78 is 26.9. The number of sulfonamides is 1. The lowest BCUT2D eigenvalue weighted by Gasteiger charge is -2.29. The molecule has 1 N–H and O–H groups in total. The summed E-state index contributed by atoms with van der Waals surface area (Å²) in [4.78, 5) is 26.8. The molecule has 1 atom stereocenters. The van der Waals surface area contributed by atoms with Crippen molar-refractivity contribution in [1.29, 1.82) is 0 Å². The van der Waals surface area contributed by atoms with Crippen LogP contribution >= 0.6 is 11.6 Å². The molecule has 30 heavy (non-hydrogen) atoms. The third-order valence-electron chi connectivity index (χ3n) is 5.00. The molecule has 2 aromatic carbocycles. The van der Waals surface area contributed by atoms with Crippen molar-refractivity contribution in [1.82, 2.24) is 4.31 Å². The third-order valence-corrected chi connectivity index (χ3v) is 7.01. The van der Waals surface area contributed by atoms with Crippen LogP contribution in [-0.4, -0.2) is 50.1 Å². The Hall–Kier alpha value is -2.42. The summed E-state index contributed by atoms with van der Waals surface area (Å²) in [5, 5.41) is 2.79. The number of nitrogens with one attached hydrogen (secondary N) is 1. The Morgan fingerprint density at radius 1 is 1.20 bits per heavy atom. The summed E-state index contributed by atoms with van der Waals surface area (Å²) in [6.45, 7) is 1.42. The molecule has 0 saturated heterocycles. The van der Waals surface area contributed by atoms with E-state index in [0.29, 0.717) is 23.7 Å². The van der Waals surface area contributed by atoms with Gasteiger partial charge < -0.3 is 10.2 Å². The van der Waals surface area contributed by atoms with Crippen LogP contribution in [0.2, 0.25) is 0 Å². The summed E-state index contributed by atoms with van der Waals surface area (Å²) in [5.74, 6) is -0.146. The predicted molar refractivity (Wildman–Crippen MR) is 117 cm³/mol. The highest BCUT2D eigenvalue weighted by molar-refractivity contribution is 7.89. The van der Waals surface area contributed by atoms with E-state index in [9.17, 15) is 18.0 Å². The fraction of sp³-hybridized carbons (Fsp3) is 0.333. The molecule has 2 aromatic rings. The number of likely N-dealkylation sites (N-methyl/N-ethyl adjacent to an activating group) is 1. The maximum atomic E-state index is 13.1. The normalized spacial score (nSPS) is 16.7. The molecule has 9 heteroatoms. The lowest BCUT2D eigenvalue weighted by molar-refractivity contribution is -0.119.